The van der Waals surface area contributed by atoms with Crippen LogP contribution >= 0.6 is 0 Å². The highest BCUT2D eigenvalue weighted by atomic mass is 32.2. The van der Waals surface area contributed by atoms with Gasteiger partial charge in [-0.2, -0.15) is 0 Å². The molecule has 1 nitrogen and oxygen atoms in total. The summed E-state index contributed by atoms with van der Waals surface area (Å²) < 4.78 is 25.8. The number of benzene rings is 2. The van der Waals surface area contributed by atoms with E-state index in [1.165, 1.54) is 0 Å². The molecular formula is C14H13FOS. The van der Waals surface area contributed by atoms with E-state index < -0.39 is 16.3 Å². The molecule has 0 saturated carbocycles. The first-order chi connectivity index (χ1) is 8.27. The first-order valence-corrected chi connectivity index (χ1v) is 6.62. The molecule has 2 atom stereocenters. The summed E-state index contributed by atoms with van der Waals surface area (Å²) in [5.74, 6) is 0. The van der Waals surface area contributed by atoms with E-state index in [1.807, 2.05) is 36.4 Å². The Morgan fingerprint density at radius 3 is 2.06 bits per heavy atom. The summed E-state index contributed by atoms with van der Waals surface area (Å²) in [6.07, 6.45) is 0.183. The van der Waals surface area contributed by atoms with Crippen LogP contribution in [0.2, 0.25) is 0 Å². The SMILES string of the molecule is O=S(c1ccccc1)C(F)Cc1ccccc1. The molecule has 0 aliphatic rings. The fourth-order valence-electron chi connectivity index (χ4n) is 1.58. The lowest BCUT2D eigenvalue weighted by atomic mass is 10.2. The quantitative estimate of drug-likeness (QED) is 0.811. The fourth-order valence-corrected chi connectivity index (χ4v) is 2.64. The second kappa shape index (κ2) is 5.73. The van der Waals surface area contributed by atoms with Crippen LogP contribution in [0.3, 0.4) is 0 Å². The van der Waals surface area contributed by atoms with Gasteiger partial charge in [-0.1, -0.05) is 48.5 Å². The van der Waals surface area contributed by atoms with Gasteiger partial charge in [0.05, 0.1) is 10.8 Å². The Morgan fingerprint density at radius 2 is 1.47 bits per heavy atom. The molecule has 2 rings (SSSR count). The smallest absolute Gasteiger partial charge is 0.183 e. The van der Waals surface area contributed by atoms with Crippen molar-refractivity contribution in [2.45, 2.75) is 16.8 Å². The van der Waals surface area contributed by atoms with Crippen molar-refractivity contribution in [1.29, 1.82) is 0 Å². The van der Waals surface area contributed by atoms with Crippen LogP contribution in [0, 0.1) is 0 Å². The van der Waals surface area contributed by atoms with E-state index in [0.717, 1.165) is 5.56 Å². The molecule has 0 radical (unpaired) electrons. The van der Waals surface area contributed by atoms with Crippen LogP contribution in [-0.4, -0.2) is 9.71 Å². The fraction of sp³-hybridized carbons (Fsp3) is 0.143. The molecule has 0 amide bonds. The average molecular weight is 248 g/mol. The lowest BCUT2D eigenvalue weighted by Gasteiger charge is -2.08. The van der Waals surface area contributed by atoms with Crippen molar-refractivity contribution < 1.29 is 8.60 Å². The summed E-state index contributed by atoms with van der Waals surface area (Å²) in [5.41, 5.74) is -0.496. The van der Waals surface area contributed by atoms with Gasteiger partial charge in [0.15, 0.2) is 5.50 Å². The maximum absolute atomic E-state index is 13.9. The summed E-state index contributed by atoms with van der Waals surface area (Å²) in [6.45, 7) is 0. The first kappa shape index (κ1) is 12.0. The average Bonchev–Trinajstić information content (AvgIpc) is 2.40. The zero-order valence-corrected chi connectivity index (χ0v) is 10.1. The normalized spacial score (nSPS) is 14.2. The topological polar surface area (TPSA) is 17.1 Å². The minimum absolute atomic E-state index is 0.183. The van der Waals surface area contributed by atoms with Crippen LogP contribution in [0.25, 0.3) is 0 Å². The van der Waals surface area contributed by atoms with Crippen molar-refractivity contribution in [1.82, 2.24) is 0 Å². The van der Waals surface area contributed by atoms with E-state index in [1.54, 1.807) is 24.3 Å². The van der Waals surface area contributed by atoms with E-state index in [4.69, 9.17) is 0 Å². The second-order valence-corrected chi connectivity index (χ2v) is 5.29. The molecule has 0 fully saturated rings. The Morgan fingerprint density at radius 1 is 0.941 bits per heavy atom. The molecule has 17 heavy (non-hydrogen) atoms. The Hall–Kier alpha value is -1.48. The third kappa shape index (κ3) is 3.24. The third-order valence-corrected chi connectivity index (χ3v) is 3.81. The Bertz CT molecular complexity index is 484. The van der Waals surface area contributed by atoms with E-state index in [-0.39, 0.29) is 6.42 Å². The Labute approximate surface area is 103 Å². The van der Waals surface area contributed by atoms with Gasteiger partial charge in [-0.3, -0.25) is 4.21 Å². The third-order valence-electron chi connectivity index (χ3n) is 2.45. The molecule has 0 bridgehead atoms. The van der Waals surface area contributed by atoms with Gasteiger partial charge in [-0.25, -0.2) is 4.39 Å². The summed E-state index contributed by atoms with van der Waals surface area (Å²) >= 11 is 0. The molecule has 0 aliphatic carbocycles. The number of alkyl halides is 1. The van der Waals surface area contributed by atoms with E-state index in [9.17, 15) is 8.60 Å². The predicted molar refractivity (Wildman–Crippen MR) is 67.9 cm³/mol. The van der Waals surface area contributed by atoms with Crippen LogP contribution in [0.4, 0.5) is 4.39 Å². The van der Waals surface area contributed by atoms with Crippen molar-refractivity contribution in [3.8, 4) is 0 Å². The molecule has 0 saturated heterocycles. The second-order valence-electron chi connectivity index (χ2n) is 3.71. The van der Waals surface area contributed by atoms with Gasteiger partial charge in [0.25, 0.3) is 0 Å². The largest absolute Gasteiger partial charge is 0.251 e. The molecule has 0 N–H and O–H groups in total. The van der Waals surface area contributed by atoms with Crippen molar-refractivity contribution in [3.63, 3.8) is 0 Å². The predicted octanol–water partition coefficient (Wildman–Crippen LogP) is 3.33. The van der Waals surface area contributed by atoms with Crippen LogP contribution in [-0.2, 0) is 17.2 Å². The van der Waals surface area contributed by atoms with Gasteiger partial charge in [0, 0.05) is 11.3 Å². The molecule has 0 heterocycles. The molecule has 0 spiro atoms. The maximum Gasteiger partial charge on any atom is 0.183 e. The zero-order chi connectivity index (χ0) is 12.1. The summed E-state index contributed by atoms with van der Waals surface area (Å²) in [5, 5.41) is 0. The monoisotopic (exact) mass is 248 g/mol. The zero-order valence-electron chi connectivity index (χ0n) is 9.25. The highest BCUT2D eigenvalue weighted by molar-refractivity contribution is 7.85. The summed E-state index contributed by atoms with van der Waals surface area (Å²) in [6, 6.07) is 18.0. The molecule has 2 aromatic carbocycles. The summed E-state index contributed by atoms with van der Waals surface area (Å²) in [4.78, 5) is 0.538. The summed E-state index contributed by atoms with van der Waals surface area (Å²) in [7, 11) is -1.60. The van der Waals surface area contributed by atoms with Gasteiger partial charge in [-0.05, 0) is 17.7 Å². The molecule has 3 heteroatoms. The lowest BCUT2D eigenvalue weighted by molar-refractivity contribution is 0.437. The molecular weight excluding hydrogens is 235 g/mol. The molecule has 2 aromatic rings. The standard InChI is InChI=1S/C14H13FOS/c15-14(11-12-7-3-1-4-8-12)17(16)13-9-5-2-6-10-13/h1-10,14H,11H2. The molecule has 2 unspecified atom stereocenters. The van der Waals surface area contributed by atoms with Gasteiger partial charge in [0.1, 0.15) is 0 Å². The number of rotatable bonds is 4. The van der Waals surface area contributed by atoms with Crippen LogP contribution in [0.15, 0.2) is 65.6 Å². The van der Waals surface area contributed by atoms with Gasteiger partial charge in [-0.15, -0.1) is 0 Å². The van der Waals surface area contributed by atoms with Crippen molar-refractivity contribution in [2.75, 3.05) is 0 Å². The maximum atomic E-state index is 13.9. The van der Waals surface area contributed by atoms with Crippen LogP contribution in [0.1, 0.15) is 5.56 Å². The van der Waals surface area contributed by atoms with E-state index in [0.29, 0.717) is 4.90 Å². The highest BCUT2D eigenvalue weighted by Crippen LogP contribution is 2.16. The van der Waals surface area contributed by atoms with Crippen molar-refractivity contribution in [2.24, 2.45) is 0 Å². The van der Waals surface area contributed by atoms with Crippen molar-refractivity contribution >= 4 is 10.8 Å². The Kier molecular flexibility index (Phi) is 4.04. The molecule has 0 aromatic heterocycles. The lowest BCUT2D eigenvalue weighted by Crippen LogP contribution is -2.12. The first-order valence-electron chi connectivity index (χ1n) is 5.41. The minimum Gasteiger partial charge on any atom is -0.251 e. The molecule has 88 valence electrons. The minimum atomic E-state index is -1.60. The van der Waals surface area contributed by atoms with Crippen molar-refractivity contribution in [3.05, 3.63) is 66.2 Å². The van der Waals surface area contributed by atoms with E-state index in [2.05, 4.69) is 0 Å². The number of hydrogen-bond donors (Lipinski definition) is 0. The molecule has 0 aliphatic heterocycles. The van der Waals surface area contributed by atoms with Gasteiger partial charge < -0.3 is 0 Å². The van der Waals surface area contributed by atoms with Gasteiger partial charge in [0.2, 0.25) is 0 Å². The highest BCUT2D eigenvalue weighted by Gasteiger charge is 2.17. The van der Waals surface area contributed by atoms with E-state index >= 15 is 0 Å². The van der Waals surface area contributed by atoms with Gasteiger partial charge >= 0.3 is 0 Å². The van der Waals surface area contributed by atoms with Crippen LogP contribution in [0.5, 0.6) is 0 Å². The number of halogens is 1. The Balaban J connectivity index is 2.06. The number of hydrogen-bond acceptors (Lipinski definition) is 1. The van der Waals surface area contributed by atoms with Crippen LogP contribution < -0.4 is 0 Å².